The van der Waals surface area contributed by atoms with Gasteiger partial charge in [-0.15, -0.1) is 0 Å². The van der Waals surface area contributed by atoms with Crippen LogP contribution in [0.5, 0.6) is 17.2 Å². The van der Waals surface area contributed by atoms with Gasteiger partial charge in [0, 0.05) is 12.6 Å². The Hall–Kier alpha value is -3.02. The first-order chi connectivity index (χ1) is 13.1. The molecule has 2 aromatic carbocycles. The van der Waals surface area contributed by atoms with Crippen molar-refractivity contribution >= 4 is 12.0 Å². The van der Waals surface area contributed by atoms with E-state index < -0.39 is 0 Å². The highest BCUT2D eigenvalue weighted by Crippen LogP contribution is 2.27. The first-order valence-electron chi connectivity index (χ1n) is 8.68. The van der Waals surface area contributed by atoms with E-state index in [0.717, 1.165) is 18.4 Å². The second-order valence-electron chi connectivity index (χ2n) is 5.75. The molecule has 0 unspecified atom stereocenters. The van der Waals surface area contributed by atoms with Crippen molar-refractivity contribution in [2.75, 3.05) is 27.4 Å². The van der Waals surface area contributed by atoms with Crippen LogP contribution in [0.2, 0.25) is 0 Å². The lowest BCUT2D eigenvalue weighted by atomic mass is 10.2. The predicted octanol–water partition coefficient (Wildman–Crippen LogP) is 3.83. The van der Waals surface area contributed by atoms with Crippen molar-refractivity contribution in [3.8, 4) is 17.2 Å². The fraction of sp³-hybridized carbons (Fsp3) is 0.286. The molecular formula is C21H24FNO4. The summed E-state index contributed by atoms with van der Waals surface area (Å²) in [6.07, 6.45) is 4.78. The lowest BCUT2D eigenvalue weighted by Gasteiger charge is -2.07. The minimum Gasteiger partial charge on any atom is -0.494 e. The maximum Gasteiger partial charge on any atom is 0.243 e. The standard InChI is InChI=1S/C21H24FNO4/c1-25-19-11-5-16(15-20(19)26-2)6-12-21(24)23-13-3-4-14-27-18-9-7-17(22)8-10-18/h5-12,15H,3-4,13-14H2,1-2H3,(H,23,24)/b12-6+. The Bertz CT molecular complexity index is 759. The molecular weight excluding hydrogens is 349 g/mol. The number of hydrogen-bond acceptors (Lipinski definition) is 4. The molecule has 0 heterocycles. The molecule has 0 saturated heterocycles. The number of hydrogen-bond donors (Lipinski definition) is 1. The molecule has 0 spiro atoms. The highest BCUT2D eigenvalue weighted by atomic mass is 19.1. The van der Waals surface area contributed by atoms with Gasteiger partial charge in [-0.3, -0.25) is 4.79 Å². The van der Waals surface area contributed by atoms with Gasteiger partial charge in [-0.2, -0.15) is 0 Å². The molecule has 0 saturated carbocycles. The van der Waals surface area contributed by atoms with Crippen molar-refractivity contribution in [1.82, 2.24) is 5.32 Å². The van der Waals surface area contributed by atoms with Crippen LogP contribution in [0.1, 0.15) is 18.4 Å². The fourth-order valence-electron chi connectivity index (χ4n) is 2.35. The highest BCUT2D eigenvalue weighted by Gasteiger charge is 2.03. The van der Waals surface area contributed by atoms with Crippen LogP contribution in [0.4, 0.5) is 4.39 Å². The van der Waals surface area contributed by atoms with Crippen molar-refractivity contribution < 1.29 is 23.4 Å². The zero-order chi connectivity index (χ0) is 19.5. The van der Waals surface area contributed by atoms with Gasteiger partial charge in [0.05, 0.1) is 20.8 Å². The van der Waals surface area contributed by atoms with E-state index in [1.165, 1.54) is 18.2 Å². The molecule has 6 heteroatoms. The number of amides is 1. The van der Waals surface area contributed by atoms with E-state index in [2.05, 4.69) is 5.32 Å². The maximum atomic E-state index is 12.8. The Morgan fingerprint density at radius 1 is 1.04 bits per heavy atom. The molecule has 0 fully saturated rings. The van der Waals surface area contributed by atoms with Gasteiger partial charge in [0.15, 0.2) is 11.5 Å². The number of benzene rings is 2. The quantitative estimate of drug-likeness (QED) is 0.508. The molecule has 27 heavy (non-hydrogen) atoms. The van der Waals surface area contributed by atoms with Gasteiger partial charge in [0.2, 0.25) is 5.91 Å². The summed E-state index contributed by atoms with van der Waals surface area (Å²) in [6.45, 7) is 1.07. The first kappa shape index (κ1) is 20.3. The van der Waals surface area contributed by atoms with Crippen LogP contribution < -0.4 is 19.5 Å². The van der Waals surface area contributed by atoms with Crippen molar-refractivity contribution in [2.24, 2.45) is 0 Å². The SMILES string of the molecule is COc1ccc(/C=C/C(=O)NCCCCOc2ccc(F)cc2)cc1OC. The number of carbonyl (C=O) groups is 1. The number of unbranched alkanes of at least 4 members (excludes halogenated alkanes) is 1. The topological polar surface area (TPSA) is 56.8 Å². The minimum absolute atomic E-state index is 0.163. The smallest absolute Gasteiger partial charge is 0.243 e. The second-order valence-corrected chi connectivity index (χ2v) is 5.75. The first-order valence-corrected chi connectivity index (χ1v) is 8.68. The molecule has 1 N–H and O–H groups in total. The molecule has 0 atom stereocenters. The van der Waals surface area contributed by atoms with Crippen LogP contribution >= 0.6 is 0 Å². The molecule has 2 rings (SSSR count). The molecule has 0 aliphatic carbocycles. The third-order valence-corrected chi connectivity index (χ3v) is 3.79. The molecule has 2 aromatic rings. The van der Waals surface area contributed by atoms with Gasteiger partial charge in [0.1, 0.15) is 11.6 Å². The Morgan fingerprint density at radius 2 is 1.78 bits per heavy atom. The normalized spacial score (nSPS) is 10.6. The van der Waals surface area contributed by atoms with Crippen LogP contribution in [0.25, 0.3) is 6.08 Å². The number of nitrogens with one attached hydrogen (secondary N) is 1. The third-order valence-electron chi connectivity index (χ3n) is 3.79. The molecule has 5 nitrogen and oxygen atoms in total. The van der Waals surface area contributed by atoms with E-state index in [-0.39, 0.29) is 11.7 Å². The molecule has 1 amide bonds. The van der Waals surface area contributed by atoms with Crippen LogP contribution in [0.15, 0.2) is 48.5 Å². The Balaban J connectivity index is 1.65. The van der Waals surface area contributed by atoms with E-state index in [0.29, 0.717) is 30.4 Å². The number of rotatable bonds is 10. The van der Waals surface area contributed by atoms with E-state index >= 15 is 0 Å². The average molecular weight is 373 g/mol. The summed E-state index contributed by atoms with van der Waals surface area (Å²) < 4.78 is 28.7. The van der Waals surface area contributed by atoms with Gasteiger partial charge in [-0.25, -0.2) is 4.39 Å². The predicted molar refractivity (Wildman–Crippen MR) is 103 cm³/mol. The summed E-state index contributed by atoms with van der Waals surface area (Å²) >= 11 is 0. The van der Waals surface area contributed by atoms with E-state index in [1.54, 1.807) is 44.6 Å². The summed E-state index contributed by atoms with van der Waals surface area (Å²) in [7, 11) is 3.14. The largest absolute Gasteiger partial charge is 0.494 e. The summed E-state index contributed by atoms with van der Waals surface area (Å²) in [4.78, 5) is 11.9. The van der Waals surface area contributed by atoms with Gasteiger partial charge >= 0.3 is 0 Å². The Labute approximate surface area is 158 Å². The minimum atomic E-state index is -0.286. The number of carbonyl (C=O) groups excluding carboxylic acids is 1. The highest BCUT2D eigenvalue weighted by molar-refractivity contribution is 5.91. The van der Waals surface area contributed by atoms with Crippen molar-refractivity contribution in [2.45, 2.75) is 12.8 Å². The molecule has 0 radical (unpaired) electrons. The van der Waals surface area contributed by atoms with Crippen molar-refractivity contribution in [3.63, 3.8) is 0 Å². The molecule has 144 valence electrons. The summed E-state index contributed by atoms with van der Waals surface area (Å²) in [5.41, 5.74) is 0.843. The average Bonchev–Trinajstić information content (AvgIpc) is 2.70. The monoisotopic (exact) mass is 373 g/mol. The van der Waals surface area contributed by atoms with Crippen LogP contribution in [0.3, 0.4) is 0 Å². The summed E-state index contributed by atoms with van der Waals surface area (Å²) in [5, 5.41) is 2.82. The van der Waals surface area contributed by atoms with Crippen molar-refractivity contribution in [1.29, 1.82) is 0 Å². The Kier molecular flexibility index (Phi) is 8.16. The van der Waals surface area contributed by atoms with Gasteiger partial charge in [-0.1, -0.05) is 6.07 Å². The third kappa shape index (κ3) is 7.01. The lowest BCUT2D eigenvalue weighted by molar-refractivity contribution is -0.116. The lowest BCUT2D eigenvalue weighted by Crippen LogP contribution is -2.22. The van der Waals surface area contributed by atoms with Gasteiger partial charge < -0.3 is 19.5 Å². The van der Waals surface area contributed by atoms with E-state index in [1.807, 2.05) is 6.07 Å². The van der Waals surface area contributed by atoms with Crippen LogP contribution in [-0.2, 0) is 4.79 Å². The fourth-order valence-corrected chi connectivity index (χ4v) is 2.35. The zero-order valence-electron chi connectivity index (χ0n) is 15.5. The maximum absolute atomic E-state index is 12.8. The number of ether oxygens (including phenoxy) is 3. The Morgan fingerprint density at radius 3 is 2.48 bits per heavy atom. The second kappa shape index (κ2) is 10.9. The van der Waals surface area contributed by atoms with Crippen LogP contribution in [-0.4, -0.2) is 33.3 Å². The molecule has 0 aromatic heterocycles. The number of halogens is 1. The summed E-state index contributed by atoms with van der Waals surface area (Å²) in [5.74, 6) is 1.44. The summed E-state index contributed by atoms with van der Waals surface area (Å²) in [6, 6.07) is 11.3. The molecule has 0 aliphatic rings. The zero-order valence-corrected chi connectivity index (χ0v) is 15.5. The van der Waals surface area contributed by atoms with Gasteiger partial charge in [-0.05, 0) is 60.9 Å². The molecule has 0 aliphatic heterocycles. The number of methoxy groups -OCH3 is 2. The van der Waals surface area contributed by atoms with Gasteiger partial charge in [0.25, 0.3) is 0 Å². The van der Waals surface area contributed by atoms with E-state index in [9.17, 15) is 9.18 Å². The van der Waals surface area contributed by atoms with E-state index in [4.69, 9.17) is 14.2 Å². The van der Waals surface area contributed by atoms with Crippen molar-refractivity contribution in [3.05, 3.63) is 59.9 Å². The van der Waals surface area contributed by atoms with Crippen LogP contribution in [0, 0.1) is 5.82 Å². The molecule has 0 bridgehead atoms.